The Morgan fingerprint density at radius 1 is 1.11 bits per heavy atom. The summed E-state index contributed by atoms with van der Waals surface area (Å²) in [5.41, 5.74) is 4.79. The van der Waals surface area contributed by atoms with E-state index in [2.05, 4.69) is 48.6 Å². The van der Waals surface area contributed by atoms with Crippen LogP contribution in [0.3, 0.4) is 0 Å². The third kappa shape index (κ3) is 2.97. The highest BCUT2D eigenvalue weighted by atomic mass is 16.5. The highest BCUT2D eigenvalue weighted by Crippen LogP contribution is 2.27. The van der Waals surface area contributed by atoms with Crippen molar-refractivity contribution in [3.05, 3.63) is 71.4 Å². The van der Waals surface area contributed by atoms with Gasteiger partial charge in [-0.1, -0.05) is 36.4 Å². The monoisotopic (exact) mass is 253 g/mol. The molecule has 0 aliphatic heterocycles. The molecule has 2 heteroatoms. The van der Waals surface area contributed by atoms with Crippen LogP contribution in [0.5, 0.6) is 5.75 Å². The Hall–Kier alpha value is -2.22. The van der Waals surface area contributed by atoms with E-state index in [1.165, 1.54) is 16.7 Å². The first-order valence-corrected chi connectivity index (χ1v) is 6.34. The molecule has 0 bridgehead atoms. The Bertz CT molecular complexity index is 587. The van der Waals surface area contributed by atoms with Crippen molar-refractivity contribution in [2.45, 2.75) is 6.92 Å². The maximum absolute atomic E-state index is 5.30. The average Bonchev–Trinajstić information content (AvgIpc) is 2.46. The highest BCUT2D eigenvalue weighted by molar-refractivity contribution is 5.81. The number of hydrogen-bond donors (Lipinski definition) is 1. The van der Waals surface area contributed by atoms with E-state index in [0.29, 0.717) is 0 Å². The summed E-state index contributed by atoms with van der Waals surface area (Å²) in [6.07, 6.45) is 2.02. The average molecular weight is 253 g/mol. The van der Waals surface area contributed by atoms with Gasteiger partial charge in [0.2, 0.25) is 0 Å². The summed E-state index contributed by atoms with van der Waals surface area (Å²) >= 11 is 0. The van der Waals surface area contributed by atoms with Crippen molar-refractivity contribution >= 4 is 5.57 Å². The normalized spacial score (nSPS) is 11.2. The van der Waals surface area contributed by atoms with Crippen LogP contribution in [0.25, 0.3) is 5.57 Å². The largest absolute Gasteiger partial charge is 0.497 e. The van der Waals surface area contributed by atoms with Gasteiger partial charge in [0.1, 0.15) is 5.75 Å². The van der Waals surface area contributed by atoms with E-state index in [-0.39, 0.29) is 0 Å². The van der Waals surface area contributed by atoms with E-state index in [1.807, 2.05) is 25.4 Å². The molecular formula is C17H19NO. The zero-order valence-electron chi connectivity index (χ0n) is 11.6. The van der Waals surface area contributed by atoms with Gasteiger partial charge in [-0.15, -0.1) is 0 Å². The standard InChI is InChI=1S/C17H19NO/c1-13-7-4-5-10-16(13)17(12-18-2)14-8-6-9-15(11-14)19-3/h4-12,18H,1-3H3/b17-12-. The third-order valence-corrected chi connectivity index (χ3v) is 3.10. The molecule has 0 aromatic heterocycles. The minimum atomic E-state index is 0.869. The van der Waals surface area contributed by atoms with Gasteiger partial charge in [0.25, 0.3) is 0 Å². The predicted molar refractivity (Wildman–Crippen MR) is 80.3 cm³/mol. The maximum Gasteiger partial charge on any atom is 0.119 e. The number of hydrogen-bond acceptors (Lipinski definition) is 2. The number of rotatable bonds is 4. The molecule has 0 aliphatic rings. The quantitative estimate of drug-likeness (QED) is 0.898. The first-order valence-electron chi connectivity index (χ1n) is 6.34. The van der Waals surface area contributed by atoms with Gasteiger partial charge in [-0.25, -0.2) is 0 Å². The molecule has 2 nitrogen and oxygen atoms in total. The molecule has 19 heavy (non-hydrogen) atoms. The van der Waals surface area contributed by atoms with E-state index in [1.54, 1.807) is 7.11 Å². The van der Waals surface area contributed by atoms with Crippen molar-refractivity contribution in [1.82, 2.24) is 5.32 Å². The number of ether oxygens (including phenoxy) is 1. The summed E-state index contributed by atoms with van der Waals surface area (Å²) in [4.78, 5) is 0. The van der Waals surface area contributed by atoms with Gasteiger partial charge < -0.3 is 10.1 Å². The van der Waals surface area contributed by atoms with Gasteiger partial charge in [-0.3, -0.25) is 0 Å². The number of methoxy groups -OCH3 is 1. The molecule has 2 aromatic rings. The second-order valence-corrected chi connectivity index (χ2v) is 4.39. The topological polar surface area (TPSA) is 21.3 Å². The molecule has 0 heterocycles. The van der Waals surface area contributed by atoms with Gasteiger partial charge in [0.05, 0.1) is 7.11 Å². The smallest absolute Gasteiger partial charge is 0.119 e. The van der Waals surface area contributed by atoms with Crippen LogP contribution < -0.4 is 10.1 Å². The second kappa shape index (κ2) is 6.10. The molecule has 98 valence electrons. The number of benzene rings is 2. The van der Waals surface area contributed by atoms with Crippen LogP contribution in [0.15, 0.2) is 54.7 Å². The van der Waals surface area contributed by atoms with Crippen molar-refractivity contribution in [1.29, 1.82) is 0 Å². The Labute approximate surface area is 114 Å². The molecule has 0 radical (unpaired) electrons. The number of nitrogens with one attached hydrogen (secondary N) is 1. The van der Waals surface area contributed by atoms with E-state index in [4.69, 9.17) is 4.74 Å². The van der Waals surface area contributed by atoms with Crippen LogP contribution in [0.1, 0.15) is 16.7 Å². The molecule has 0 spiro atoms. The van der Waals surface area contributed by atoms with Gasteiger partial charge in [0, 0.05) is 18.8 Å². The molecule has 0 fully saturated rings. The Morgan fingerprint density at radius 3 is 2.58 bits per heavy atom. The summed E-state index contributed by atoms with van der Waals surface area (Å²) in [7, 11) is 3.60. The lowest BCUT2D eigenvalue weighted by atomic mass is 9.95. The summed E-state index contributed by atoms with van der Waals surface area (Å²) in [5.74, 6) is 0.869. The van der Waals surface area contributed by atoms with Crippen LogP contribution in [0.2, 0.25) is 0 Å². The van der Waals surface area contributed by atoms with Gasteiger partial charge in [0.15, 0.2) is 0 Å². The molecule has 0 amide bonds. The Kier molecular flexibility index (Phi) is 4.24. The summed E-state index contributed by atoms with van der Waals surface area (Å²) in [6, 6.07) is 16.5. The van der Waals surface area contributed by atoms with E-state index < -0.39 is 0 Å². The van der Waals surface area contributed by atoms with Crippen LogP contribution in [0, 0.1) is 6.92 Å². The van der Waals surface area contributed by atoms with Crippen molar-refractivity contribution < 1.29 is 4.74 Å². The van der Waals surface area contributed by atoms with Crippen LogP contribution in [-0.2, 0) is 0 Å². The van der Waals surface area contributed by atoms with E-state index >= 15 is 0 Å². The Balaban J connectivity index is 2.52. The first-order chi connectivity index (χ1) is 9.26. The zero-order chi connectivity index (χ0) is 13.7. The highest BCUT2D eigenvalue weighted by Gasteiger charge is 2.08. The van der Waals surface area contributed by atoms with E-state index in [0.717, 1.165) is 11.3 Å². The fourth-order valence-electron chi connectivity index (χ4n) is 2.13. The van der Waals surface area contributed by atoms with Gasteiger partial charge in [-0.05, 0) is 35.7 Å². The second-order valence-electron chi connectivity index (χ2n) is 4.39. The Morgan fingerprint density at radius 2 is 1.89 bits per heavy atom. The molecule has 0 aliphatic carbocycles. The molecular weight excluding hydrogens is 234 g/mol. The van der Waals surface area contributed by atoms with Crippen LogP contribution in [0.4, 0.5) is 0 Å². The lowest BCUT2D eigenvalue weighted by molar-refractivity contribution is 0.414. The fraction of sp³-hybridized carbons (Fsp3) is 0.176. The SMILES string of the molecule is CN/C=C(/c1cccc(OC)c1)c1ccccc1C. The van der Waals surface area contributed by atoms with Crippen molar-refractivity contribution in [2.75, 3.05) is 14.2 Å². The lowest BCUT2D eigenvalue weighted by Crippen LogP contribution is -1.99. The molecule has 2 aromatic carbocycles. The minimum Gasteiger partial charge on any atom is -0.497 e. The maximum atomic E-state index is 5.30. The molecule has 0 saturated carbocycles. The molecule has 1 N–H and O–H groups in total. The van der Waals surface area contributed by atoms with Crippen molar-refractivity contribution in [3.63, 3.8) is 0 Å². The van der Waals surface area contributed by atoms with Crippen LogP contribution in [-0.4, -0.2) is 14.2 Å². The van der Waals surface area contributed by atoms with Crippen molar-refractivity contribution in [2.24, 2.45) is 0 Å². The van der Waals surface area contributed by atoms with Gasteiger partial charge in [-0.2, -0.15) is 0 Å². The van der Waals surface area contributed by atoms with Crippen molar-refractivity contribution in [3.8, 4) is 5.75 Å². The fourth-order valence-corrected chi connectivity index (χ4v) is 2.13. The lowest BCUT2D eigenvalue weighted by Gasteiger charge is -2.12. The summed E-state index contributed by atoms with van der Waals surface area (Å²) in [5, 5.41) is 3.13. The third-order valence-electron chi connectivity index (χ3n) is 3.10. The molecule has 0 atom stereocenters. The molecule has 2 rings (SSSR count). The van der Waals surface area contributed by atoms with Crippen LogP contribution >= 0.6 is 0 Å². The zero-order valence-corrected chi connectivity index (χ0v) is 11.6. The van der Waals surface area contributed by atoms with Gasteiger partial charge >= 0.3 is 0 Å². The minimum absolute atomic E-state index is 0.869. The molecule has 0 saturated heterocycles. The first kappa shape index (κ1) is 13.2. The summed E-state index contributed by atoms with van der Waals surface area (Å²) in [6.45, 7) is 2.12. The summed E-state index contributed by atoms with van der Waals surface area (Å²) < 4.78 is 5.30. The molecule has 0 unspecified atom stereocenters. The number of aryl methyl sites for hydroxylation is 1. The predicted octanol–water partition coefficient (Wildman–Crippen LogP) is 3.61. The van der Waals surface area contributed by atoms with E-state index in [9.17, 15) is 0 Å².